The lowest BCUT2D eigenvalue weighted by molar-refractivity contribution is 0.0784. The van der Waals surface area contributed by atoms with Gasteiger partial charge in [-0.05, 0) is 24.6 Å². The summed E-state index contributed by atoms with van der Waals surface area (Å²) in [6, 6.07) is 13.6. The number of hydrogen-bond donors (Lipinski definition) is 0. The fourth-order valence-electron chi connectivity index (χ4n) is 3.12. The molecule has 0 unspecified atom stereocenters. The van der Waals surface area contributed by atoms with Crippen LogP contribution in [0, 0.1) is 6.92 Å². The van der Waals surface area contributed by atoms with Gasteiger partial charge in [-0.1, -0.05) is 30.3 Å². The molecule has 0 fully saturated rings. The summed E-state index contributed by atoms with van der Waals surface area (Å²) >= 11 is 0. The van der Waals surface area contributed by atoms with Crippen LogP contribution >= 0.6 is 0 Å². The maximum absolute atomic E-state index is 12.9. The normalized spacial score (nSPS) is 10.6. The summed E-state index contributed by atoms with van der Waals surface area (Å²) in [6.07, 6.45) is 3.76. The average molecular weight is 379 g/mol. The van der Waals surface area contributed by atoms with Gasteiger partial charge in [-0.25, -0.2) is 0 Å². The number of methoxy groups -OCH3 is 2. The van der Waals surface area contributed by atoms with E-state index < -0.39 is 0 Å². The Morgan fingerprint density at radius 3 is 2.32 bits per heavy atom. The van der Waals surface area contributed by atoms with Gasteiger partial charge in [-0.2, -0.15) is 5.10 Å². The fourth-order valence-corrected chi connectivity index (χ4v) is 3.12. The van der Waals surface area contributed by atoms with Crippen LogP contribution in [0.15, 0.2) is 54.9 Å². The fraction of sp³-hybridized carbons (Fsp3) is 0.273. The molecule has 1 amide bonds. The third-order valence-corrected chi connectivity index (χ3v) is 4.64. The zero-order valence-corrected chi connectivity index (χ0v) is 16.7. The van der Waals surface area contributed by atoms with Crippen molar-refractivity contribution in [2.24, 2.45) is 0 Å². The molecule has 3 rings (SSSR count). The van der Waals surface area contributed by atoms with Crippen molar-refractivity contribution in [3.8, 4) is 11.5 Å². The number of carbonyl (C=O) groups is 1. The molecule has 0 N–H and O–H groups in total. The van der Waals surface area contributed by atoms with Gasteiger partial charge in [0.05, 0.1) is 27.0 Å². The first-order valence-corrected chi connectivity index (χ1v) is 9.05. The summed E-state index contributed by atoms with van der Waals surface area (Å²) in [4.78, 5) is 14.5. The quantitative estimate of drug-likeness (QED) is 0.630. The molecule has 1 aromatic heterocycles. The van der Waals surface area contributed by atoms with Gasteiger partial charge in [-0.3, -0.25) is 9.48 Å². The molecule has 6 heteroatoms. The molecular weight excluding hydrogens is 354 g/mol. The number of amides is 1. The second kappa shape index (κ2) is 8.61. The van der Waals surface area contributed by atoms with E-state index in [2.05, 4.69) is 17.2 Å². The second-order valence-corrected chi connectivity index (χ2v) is 6.70. The highest BCUT2D eigenvalue weighted by molar-refractivity contribution is 5.95. The smallest absolute Gasteiger partial charge is 0.254 e. The second-order valence-electron chi connectivity index (χ2n) is 6.70. The van der Waals surface area contributed by atoms with Gasteiger partial charge < -0.3 is 14.4 Å². The minimum atomic E-state index is -0.104. The molecule has 0 aliphatic carbocycles. The van der Waals surface area contributed by atoms with E-state index in [1.54, 1.807) is 44.5 Å². The van der Waals surface area contributed by atoms with Crippen LogP contribution in [0.4, 0.5) is 0 Å². The predicted octanol–water partition coefficient (Wildman–Crippen LogP) is 3.53. The summed E-state index contributed by atoms with van der Waals surface area (Å²) < 4.78 is 12.6. The Hall–Kier alpha value is -3.28. The third kappa shape index (κ3) is 4.34. The number of benzene rings is 2. The van der Waals surface area contributed by atoms with Crippen molar-refractivity contribution in [2.45, 2.75) is 20.0 Å². The van der Waals surface area contributed by atoms with E-state index in [-0.39, 0.29) is 5.91 Å². The summed E-state index contributed by atoms with van der Waals surface area (Å²) in [6.45, 7) is 3.06. The van der Waals surface area contributed by atoms with Crippen LogP contribution in [0.3, 0.4) is 0 Å². The first-order valence-electron chi connectivity index (χ1n) is 9.05. The van der Waals surface area contributed by atoms with Crippen LogP contribution in [0.25, 0.3) is 0 Å². The highest BCUT2D eigenvalue weighted by Gasteiger charge is 2.17. The van der Waals surface area contributed by atoms with Crippen molar-refractivity contribution in [1.82, 2.24) is 14.7 Å². The van der Waals surface area contributed by atoms with E-state index in [0.29, 0.717) is 30.2 Å². The molecule has 1 heterocycles. The van der Waals surface area contributed by atoms with Gasteiger partial charge >= 0.3 is 0 Å². The van der Waals surface area contributed by atoms with Crippen LogP contribution in [-0.2, 0) is 13.1 Å². The predicted molar refractivity (Wildman–Crippen MR) is 108 cm³/mol. The molecule has 3 aromatic rings. The van der Waals surface area contributed by atoms with Gasteiger partial charge in [0.1, 0.15) is 11.5 Å². The van der Waals surface area contributed by atoms with Gasteiger partial charge in [-0.15, -0.1) is 0 Å². The Morgan fingerprint density at radius 2 is 1.71 bits per heavy atom. The van der Waals surface area contributed by atoms with Crippen LogP contribution < -0.4 is 9.47 Å². The molecular formula is C22H25N3O3. The van der Waals surface area contributed by atoms with Crippen molar-refractivity contribution in [3.05, 3.63) is 77.1 Å². The molecule has 0 saturated carbocycles. The summed E-state index contributed by atoms with van der Waals surface area (Å²) in [5, 5.41) is 4.40. The first-order chi connectivity index (χ1) is 13.5. The molecule has 6 nitrogen and oxygen atoms in total. The number of aromatic nitrogens is 2. The molecule has 0 bridgehead atoms. The Bertz CT molecular complexity index is 926. The highest BCUT2D eigenvalue weighted by Crippen LogP contribution is 2.30. The van der Waals surface area contributed by atoms with Crippen molar-refractivity contribution in [3.63, 3.8) is 0 Å². The monoisotopic (exact) mass is 379 g/mol. The molecule has 28 heavy (non-hydrogen) atoms. The van der Waals surface area contributed by atoms with Crippen LogP contribution in [-0.4, -0.2) is 41.9 Å². The molecule has 0 radical (unpaired) electrons. The maximum Gasteiger partial charge on any atom is 0.254 e. The Kier molecular flexibility index (Phi) is 5.99. The van der Waals surface area contributed by atoms with Crippen molar-refractivity contribution >= 4 is 5.91 Å². The van der Waals surface area contributed by atoms with Crippen LogP contribution in [0.2, 0.25) is 0 Å². The Morgan fingerprint density at radius 1 is 1.07 bits per heavy atom. The van der Waals surface area contributed by atoms with Crippen LogP contribution in [0.1, 0.15) is 27.0 Å². The molecule has 0 atom stereocenters. The van der Waals surface area contributed by atoms with E-state index >= 15 is 0 Å². The average Bonchev–Trinajstić information content (AvgIpc) is 3.15. The topological polar surface area (TPSA) is 56.6 Å². The van der Waals surface area contributed by atoms with Gasteiger partial charge in [0, 0.05) is 36.5 Å². The molecule has 0 aliphatic rings. The number of hydrogen-bond acceptors (Lipinski definition) is 4. The lowest BCUT2D eigenvalue weighted by Crippen LogP contribution is -2.26. The molecule has 146 valence electrons. The first kappa shape index (κ1) is 19.5. The number of nitrogens with zero attached hydrogens (tertiary/aromatic N) is 3. The molecule has 0 aliphatic heterocycles. The van der Waals surface area contributed by atoms with E-state index in [4.69, 9.17) is 9.47 Å². The third-order valence-electron chi connectivity index (χ3n) is 4.64. The van der Waals surface area contributed by atoms with E-state index in [9.17, 15) is 4.79 Å². The highest BCUT2D eigenvalue weighted by atomic mass is 16.5. The zero-order chi connectivity index (χ0) is 20.1. The van der Waals surface area contributed by atoms with Gasteiger partial charge in [0.15, 0.2) is 0 Å². The SMILES string of the molecule is COc1cc(C(=O)N(C)Cc2cnn(Cc3ccccc3)c2)cc(OC)c1C. The van der Waals surface area contributed by atoms with E-state index in [1.165, 1.54) is 5.56 Å². The van der Waals surface area contributed by atoms with Crippen molar-refractivity contribution < 1.29 is 14.3 Å². The van der Waals surface area contributed by atoms with Crippen molar-refractivity contribution in [1.29, 1.82) is 0 Å². The van der Waals surface area contributed by atoms with Crippen LogP contribution in [0.5, 0.6) is 11.5 Å². The largest absolute Gasteiger partial charge is 0.496 e. The standard InChI is InChI=1S/C22H25N3O3/c1-16-20(27-3)10-19(11-21(16)28-4)22(26)24(2)13-18-12-23-25(15-18)14-17-8-6-5-7-9-17/h5-12,15H,13-14H2,1-4H3. The summed E-state index contributed by atoms with van der Waals surface area (Å²) in [5.74, 6) is 1.16. The summed E-state index contributed by atoms with van der Waals surface area (Å²) in [5.41, 5.74) is 3.54. The van der Waals surface area contributed by atoms with Gasteiger partial charge in [0.25, 0.3) is 5.91 Å². The number of rotatable bonds is 7. The minimum Gasteiger partial charge on any atom is -0.496 e. The molecule has 0 saturated heterocycles. The molecule has 2 aromatic carbocycles. The van der Waals surface area contributed by atoms with Crippen molar-refractivity contribution in [2.75, 3.05) is 21.3 Å². The van der Waals surface area contributed by atoms with E-state index in [0.717, 1.165) is 11.1 Å². The summed E-state index contributed by atoms with van der Waals surface area (Å²) in [7, 11) is 4.94. The van der Waals surface area contributed by atoms with Gasteiger partial charge in [0.2, 0.25) is 0 Å². The number of carbonyl (C=O) groups excluding carboxylic acids is 1. The maximum atomic E-state index is 12.9. The molecule has 0 spiro atoms. The lowest BCUT2D eigenvalue weighted by Gasteiger charge is -2.18. The van der Waals surface area contributed by atoms with E-state index in [1.807, 2.05) is 36.0 Å². The zero-order valence-electron chi connectivity index (χ0n) is 16.7. The minimum absolute atomic E-state index is 0.104. The lowest BCUT2D eigenvalue weighted by atomic mass is 10.1. The Labute approximate surface area is 165 Å². The Balaban J connectivity index is 1.71. The number of ether oxygens (including phenoxy) is 2.